The number of benzene rings is 1. The van der Waals surface area contributed by atoms with Crippen LogP contribution in [-0.4, -0.2) is 36.4 Å². The number of esters is 1. The summed E-state index contributed by atoms with van der Waals surface area (Å²) in [5.41, 5.74) is -3.92. The summed E-state index contributed by atoms with van der Waals surface area (Å²) in [7, 11) is 0. The molecule has 0 N–H and O–H groups in total. The molecule has 28 heavy (non-hydrogen) atoms. The molecule has 11 heteroatoms. The minimum Gasteiger partial charge on any atom is -0.465 e. The minimum absolute atomic E-state index is 0.0363. The van der Waals surface area contributed by atoms with Gasteiger partial charge >= 0.3 is 11.7 Å². The highest BCUT2D eigenvalue weighted by atomic mass is 19.2. The number of azo groups is 1. The zero-order chi connectivity index (χ0) is 21.4. The second-order valence-corrected chi connectivity index (χ2v) is 5.77. The smallest absolute Gasteiger partial charge is 0.321 e. The molecule has 0 aromatic heterocycles. The van der Waals surface area contributed by atoms with E-state index in [0.29, 0.717) is 12.8 Å². The van der Waals surface area contributed by atoms with Crippen LogP contribution in [0.25, 0.3) is 0 Å². The van der Waals surface area contributed by atoms with Gasteiger partial charge in [-0.2, -0.15) is 14.6 Å². The van der Waals surface area contributed by atoms with Crippen molar-refractivity contribution in [2.75, 3.05) is 19.7 Å². The van der Waals surface area contributed by atoms with Gasteiger partial charge in [0.05, 0.1) is 24.6 Å². The number of hydrogen-bond acceptors (Lipinski definition) is 7. The fourth-order valence-electron chi connectivity index (χ4n) is 2.26. The van der Waals surface area contributed by atoms with E-state index in [1.54, 1.807) is 6.92 Å². The van der Waals surface area contributed by atoms with Crippen LogP contribution in [0.2, 0.25) is 0 Å². The maximum Gasteiger partial charge on any atom is 0.321 e. The number of nitro benzene ring substituents is 1. The number of hydrogen-bond donors (Lipinski definition) is 0. The second-order valence-electron chi connectivity index (χ2n) is 5.77. The normalized spacial score (nSPS) is 12.2. The number of halogens is 3. The van der Waals surface area contributed by atoms with Gasteiger partial charge in [-0.1, -0.05) is 13.3 Å². The molecular formula is C17H20F3N3O5. The topological polar surface area (TPSA) is 111 Å². The molecule has 1 atom stereocenters. The second kappa shape index (κ2) is 10.5. The Morgan fingerprint density at radius 1 is 1.14 bits per heavy atom. The molecule has 0 aliphatic heterocycles. The third-order valence-corrected chi connectivity index (χ3v) is 3.79. The Hall–Kier alpha value is -2.85. The first-order valence-corrected chi connectivity index (χ1v) is 8.54. The molecule has 0 radical (unpaired) electrons. The fraction of sp³-hybridized carbons (Fsp3) is 0.529. The SMILES string of the molecule is CCCCOC(=O)C(CN=NCC)C(=O)c1c(F)c(C)c(F)c(F)c1[N+](=O)[O-]. The van der Waals surface area contributed by atoms with Gasteiger partial charge in [0, 0.05) is 5.56 Å². The lowest BCUT2D eigenvalue weighted by Crippen LogP contribution is -2.31. The highest BCUT2D eigenvalue weighted by molar-refractivity contribution is 6.11. The molecule has 0 spiro atoms. The van der Waals surface area contributed by atoms with E-state index in [1.165, 1.54) is 0 Å². The van der Waals surface area contributed by atoms with E-state index in [1.807, 2.05) is 6.92 Å². The summed E-state index contributed by atoms with van der Waals surface area (Å²) in [4.78, 5) is 34.7. The van der Waals surface area contributed by atoms with E-state index in [0.717, 1.165) is 6.92 Å². The maximum absolute atomic E-state index is 14.5. The van der Waals surface area contributed by atoms with Crippen LogP contribution in [0.1, 0.15) is 42.6 Å². The number of carbonyl (C=O) groups is 2. The standard InChI is InChI=1S/C17H20F3N3O5/c1-4-6-7-28-17(25)10(8-22-21-5-2)16(24)11-12(18)9(3)13(19)14(20)15(11)23(26)27/h10H,4-8H2,1-3H3. The van der Waals surface area contributed by atoms with Gasteiger partial charge in [0.1, 0.15) is 17.3 Å². The number of ketones is 1. The van der Waals surface area contributed by atoms with Gasteiger partial charge < -0.3 is 4.74 Å². The molecule has 8 nitrogen and oxygen atoms in total. The molecule has 0 amide bonds. The Labute approximate surface area is 158 Å². The number of nitro groups is 1. The molecule has 154 valence electrons. The monoisotopic (exact) mass is 403 g/mol. The largest absolute Gasteiger partial charge is 0.465 e. The van der Waals surface area contributed by atoms with E-state index in [4.69, 9.17) is 4.74 Å². The summed E-state index contributed by atoms with van der Waals surface area (Å²) in [6, 6.07) is 0. The first-order valence-electron chi connectivity index (χ1n) is 8.54. The Bertz CT molecular complexity index is 799. The molecular weight excluding hydrogens is 383 g/mol. The van der Waals surface area contributed by atoms with Gasteiger partial charge in [0.2, 0.25) is 5.82 Å². The first-order chi connectivity index (χ1) is 13.2. The molecule has 0 bridgehead atoms. The summed E-state index contributed by atoms with van der Waals surface area (Å²) in [6.45, 7) is 3.89. The Morgan fingerprint density at radius 3 is 2.32 bits per heavy atom. The Balaban J connectivity index is 3.47. The van der Waals surface area contributed by atoms with Crippen molar-refractivity contribution in [1.29, 1.82) is 0 Å². The third kappa shape index (κ3) is 5.11. The van der Waals surface area contributed by atoms with E-state index < -0.39 is 63.4 Å². The summed E-state index contributed by atoms with van der Waals surface area (Å²) >= 11 is 0. The summed E-state index contributed by atoms with van der Waals surface area (Å²) in [5, 5.41) is 18.3. The molecule has 0 aliphatic rings. The van der Waals surface area contributed by atoms with Crippen LogP contribution in [0.3, 0.4) is 0 Å². The van der Waals surface area contributed by atoms with Crippen LogP contribution in [0.15, 0.2) is 10.2 Å². The van der Waals surface area contributed by atoms with Gasteiger partial charge in [-0.3, -0.25) is 19.7 Å². The molecule has 0 aliphatic carbocycles. The number of nitrogens with zero attached hydrogens (tertiary/aromatic N) is 3. The van der Waals surface area contributed by atoms with Crippen molar-refractivity contribution in [2.24, 2.45) is 16.1 Å². The molecule has 1 aromatic carbocycles. The van der Waals surface area contributed by atoms with Crippen molar-refractivity contribution in [3.63, 3.8) is 0 Å². The molecule has 0 saturated heterocycles. The maximum atomic E-state index is 14.5. The highest BCUT2D eigenvalue weighted by Crippen LogP contribution is 2.32. The van der Waals surface area contributed by atoms with Crippen molar-refractivity contribution >= 4 is 17.4 Å². The highest BCUT2D eigenvalue weighted by Gasteiger charge is 2.40. The minimum atomic E-state index is -1.99. The molecule has 0 fully saturated rings. The van der Waals surface area contributed by atoms with Gasteiger partial charge in [-0.05, 0) is 20.3 Å². The number of Topliss-reactive ketones (excluding diaryl/α,β-unsaturated/α-hetero) is 1. The Morgan fingerprint density at radius 2 is 1.79 bits per heavy atom. The average molecular weight is 403 g/mol. The predicted molar refractivity (Wildman–Crippen MR) is 91.7 cm³/mol. The van der Waals surface area contributed by atoms with Crippen LogP contribution in [-0.2, 0) is 9.53 Å². The fourth-order valence-corrected chi connectivity index (χ4v) is 2.26. The summed E-state index contributed by atoms with van der Waals surface area (Å²) in [5.74, 6) is -9.71. The van der Waals surface area contributed by atoms with Crippen LogP contribution < -0.4 is 0 Å². The quantitative estimate of drug-likeness (QED) is 0.0859. The lowest BCUT2D eigenvalue weighted by molar-refractivity contribution is -0.388. The number of rotatable bonds is 10. The van der Waals surface area contributed by atoms with Crippen molar-refractivity contribution < 1.29 is 32.4 Å². The number of unbranched alkanes of at least 4 members (excludes halogenated alkanes) is 1. The van der Waals surface area contributed by atoms with Crippen LogP contribution in [0, 0.1) is 40.4 Å². The first kappa shape index (κ1) is 23.2. The van der Waals surface area contributed by atoms with Crippen molar-refractivity contribution in [2.45, 2.75) is 33.6 Å². The third-order valence-electron chi connectivity index (χ3n) is 3.79. The van der Waals surface area contributed by atoms with Gasteiger partial charge in [0.15, 0.2) is 11.6 Å². The van der Waals surface area contributed by atoms with E-state index in [9.17, 15) is 32.9 Å². The zero-order valence-electron chi connectivity index (χ0n) is 15.6. The van der Waals surface area contributed by atoms with Crippen molar-refractivity contribution in [1.82, 2.24) is 0 Å². The number of carbonyl (C=O) groups excluding carboxylic acids is 2. The van der Waals surface area contributed by atoms with Crippen LogP contribution in [0.4, 0.5) is 18.9 Å². The lowest BCUT2D eigenvalue weighted by Gasteiger charge is -2.15. The summed E-state index contributed by atoms with van der Waals surface area (Å²) < 4.78 is 47.2. The van der Waals surface area contributed by atoms with E-state index >= 15 is 0 Å². The van der Waals surface area contributed by atoms with E-state index in [2.05, 4.69) is 10.2 Å². The number of ether oxygens (including phenoxy) is 1. The van der Waals surface area contributed by atoms with E-state index in [-0.39, 0.29) is 13.2 Å². The zero-order valence-corrected chi connectivity index (χ0v) is 15.6. The van der Waals surface area contributed by atoms with Crippen molar-refractivity contribution in [3.8, 4) is 0 Å². The molecule has 1 unspecified atom stereocenters. The predicted octanol–water partition coefficient (Wildman–Crippen LogP) is 3.93. The Kier molecular flexibility index (Phi) is 8.68. The lowest BCUT2D eigenvalue weighted by atomic mass is 9.94. The van der Waals surface area contributed by atoms with Gasteiger partial charge in [-0.25, -0.2) is 8.78 Å². The van der Waals surface area contributed by atoms with Gasteiger partial charge in [-0.15, -0.1) is 0 Å². The van der Waals surface area contributed by atoms with Gasteiger partial charge in [0.25, 0.3) is 0 Å². The molecule has 1 aromatic rings. The summed E-state index contributed by atoms with van der Waals surface area (Å²) in [6.07, 6.45) is 1.17. The average Bonchev–Trinajstić information content (AvgIpc) is 2.65. The van der Waals surface area contributed by atoms with Crippen LogP contribution in [0.5, 0.6) is 0 Å². The molecule has 1 rings (SSSR count). The van der Waals surface area contributed by atoms with Crippen molar-refractivity contribution in [3.05, 3.63) is 38.7 Å². The molecule has 0 heterocycles. The van der Waals surface area contributed by atoms with Crippen LogP contribution >= 0.6 is 0 Å². The molecule has 0 saturated carbocycles.